The van der Waals surface area contributed by atoms with Crippen LogP contribution in [-0.2, 0) is 11.3 Å². The van der Waals surface area contributed by atoms with Crippen LogP contribution < -0.4 is 11.5 Å². The average molecular weight is 168 g/mol. The average Bonchev–Trinajstić information content (AvgIpc) is 2.38. The Hall–Kier alpha value is -1.36. The lowest BCUT2D eigenvalue weighted by Crippen LogP contribution is -2.52. The highest BCUT2D eigenvalue weighted by molar-refractivity contribution is 5.83. The molecule has 12 heavy (non-hydrogen) atoms. The molecular formula is C7H12N4O. The fourth-order valence-corrected chi connectivity index (χ4v) is 0.837. The van der Waals surface area contributed by atoms with Crippen LogP contribution in [0.3, 0.4) is 0 Å². The molecule has 0 saturated carbocycles. The number of nitrogens with zero attached hydrogens (tertiary/aromatic N) is 2. The Labute approximate surface area is 70.4 Å². The van der Waals surface area contributed by atoms with E-state index in [4.69, 9.17) is 11.5 Å². The van der Waals surface area contributed by atoms with Crippen molar-refractivity contribution in [1.82, 2.24) is 9.55 Å². The molecule has 0 fully saturated rings. The van der Waals surface area contributed by atoms with E-state index < -0.39 is 11.4 Å². The first-order chi connectivity index (χ1) is 5.52. The quantitative estimate of drug-likeness (QED) is 0.612. The van der Waals surface area contributed by atoms with Crippen molar-refractivity contribution in [3.8, 4) is 0 Å². The zero-order valence-electron chi connectivity index (χ0n) is 6.90. The number of carbonyl (C=O) groups excluding carboxylic acids is 1. The molecule has 0 saturated heterocycles. The van der Waals surface area contributed by atoms with Crippen molar-refractivity contribution in [2.45, 2.75) is 19.0 Å². The molecule has 1 aromatic heterocycles. The topological polar surface area (TPSA) is 86.9 Å². The third-order valence-electron chi connectivity index (χ3n) is 1.63. The second-order valence-electron chi connectivity index (χ2n) is 3.02. The van der Waals surface area contributed by atoms with Crippen molar-refractivity contribution < 1.29 is 4.79 Å². The number of nitrogens with two attached hydrogens (primary N) is 2. The Balaban J connectivity index is 2.69. The van der Waals surface area contributed by atoms with Gasteiger partial charge in [-0.1, -0.05) is 0 Å². The van der Waals surface area contributed by atoms with Crippen LogP contribution in [0.15, 0.2) is 18.7 Å². The molecule has 1 aromatic rings. The molecule has 5 heteroatoms. The molecule has 66 valence electrons. The Kier molecular flexibility index (Phi) is 2.14. The first-order valence-corrected chi connectivity index (χ1v) is 3.57. The zero-order chi connectivity index (χ0) is 9.19. The van der Waals surface area contributed by atoms with Crippen molar-refractivity contribution in [2.24, 2.45) is 11.5 Å². The van der Waals surface area contributed by atoms with Gasteiger partial charge in [-0.15, -0.1) is 0 Å². The van der Waals surface area contributed by atoms with Crippen LogP contribution in [0.2, 0.25) is 0 Å². The number of carbonyl (C=O) groups is 1. The van der Waals surface area contributed by atoms with E-state index in [1.54, 1.807) is 30.2 Å². The molecule has 1 rings (SSSR count). The lowest BCUT2D eigenvalue weighted by atomic mass is 10.0. The molecule has 0 aliphatic carbocycles. The minimum atomic E-state index is -1.01. The van der Waals surface area contributed by atoms with Crippen LogP contribution in [0.25, 0.3) is 0 Å². The molecule has 0 radical (unpaired) electrons. The number of amides is 1. The number of primary amides is 1. The number of imidazole rings is 1. The molecule has 0 aliphatic rings. The lowest BCUT2D eigenvalue weighted by Gasteiger charge is -2.20. The fraction of sp³-hybridized carbons (Fsp3) is 0.429. The van der Waals surface area contributed by atoms with E-state index in [9.17, 15) is 4.79 Å². The normalized spacial score (nSPS) is 15.5. The van der Waals surface area contributed by atoms with E-state index >= 15 is 0 Å². The minimum absolute atomic E-state index is 0.350. The van der Waals surface area contributed by atoms with E-state index in [0.29, 0.717) is 6.54 Å². The smallest absolute Gasteiger partial charge is 0.239 e. The Morgan fingerprint density at radius 3 is 2.83 bits per heavy atom. The Morgan fingerprint density at radius 1 is 1.75 bits per heavy atom. The molecule has 0 spiro atoms. The first-order valence-electron chi connectivity index (χ1n) is 3.57. The molecule has 1 amide bonds. The predicted molar refractivity (Wildman–Crippen MR) is 44.0 cm³/mol. The second kappa shape index (κ2) is 2.94. The van der Waals surface area contributed by atoms with E-state index in [2.05, 4.69) is 4.98 Å². The Bertz CT molecular complexity index is 265. The van der Waals surface area contributed by atoms with Crippen LogP contribution in [0.1, 0.15) is 6.92 Å². The first kappa shape index (κ1) is 8.73. The van der Waals surface area contributed by atoms with Gasteiger partial charge in [0.05, 0.1) is 12.9 Å². The van der Waals surface area contributed by atoms with Gasteiger partial charge in [0.1, 0.15) is 5.54 Å². The molecule has 5 nitrogen and oxygen atoms in total. The number of rotatable bonds is 3. The van der Waals surface area contributed by atoms with Gasteiger partial charge in [0.15, 0.2) is 0 Å². The highest BCUT2D eigenvalue weighted by atomic mass is 16.1. The maximum Gasteiger partial charge on any atom is 0.239 e. The lowest BCUT2D eigenvalue weighted by molar-refractivity contribution is -0.123. The molecule has 1 unspecified atom stereocenters. The van der Waals surface area contributed by atoms with Gasteiger partial charge in [-0.05, 0) is 6.92 Å². The largest absolute Gasteiger partial charge is 0.368 e. The summed E-state index contributed by atoms with van der Waals surface area (Å²) in [6.45, 7) is 1.94. The van der Waals surface area contributed by atoms with Crippen LogP contribution >= 0.6 is 0 Å². The van der Waals surface area contributed by atoms with Crippen molar-refractivity contribution >= 4 is 5.91 Å². The standard InChI is InChI=1S/C7H12N4O/c1-7(9,6(8)12)4-11-3-2-10-5-11/h2-3,5H,4,9H2,1H3,(H2,8,12). The van der Waals surface area contributed by atoms with Crippen LogP contribution in [-0.4, -0.2) is 21.0 Å². The van der Waals surface area contributed by atoms with E-state index in [-0.39, 0.29) is 0 Å². The number of hydrogen-bond acceptors (Lipinski definition) is 3. The summed E-state index contributed by atoms with van der Waals surface area (Å²) in [5.74, 6) is -0.517. The zero-order valence-corrected chi connectivity index (χ0v) is 6.90. The highest BCUT2D eigenvalue weighted by Gasteiger charge is 2.25. The predicted octanol–water partition coefficient (Wildman–Crippen LogP) is -0.914. The number of hydrogen-bond donors (Lipinski definition) is 2. The van der Waals surface area contributed by atoms with Gasteiger partial charge in [0.25, 0.3) is 0 Å². The van der Waals surface area contributed by atoms with Gasteiger partial charge in [-0.25, -0.2) is 4.98 Å². The van der Waals surface area contributed by atoms with Gasteiger partial charge in [-0.3, -0.25) is 4.79 Å². The summed E-state index contributed by atoms with van der Waals surface area (Å²) in [6.07, 6.45) is 4.94. The molecule has 0 aromatic carbocycles. The molecule has 0 aliphatic heterocycles. The van der Waals surface area contributed by atoms with Gasteiger partial charge in [0.2, 0.25) is 5.91 Å². The van der Waals surface area contributed by atoms with Crippen LogP contribution in [0.4, 0.5) is 0 Å². The summed E-state index contributed by atoms with van der Waals surface area (Å²) < 4.78 is 1.71. The molecule has 4 N–H and O–H groups in total. The Morgan fingerprint density at radius 2 is 2.42 bits per heavy atom. The van der Waals surface area contributed by atoms with Crippen molar-refractivity contribution in [1.29, 1.82) is 0 Å². The molecule has 1 atom stereocenters. The third-order valence-corrected chi connectivity index (χ3v) is 1.63. The third kappa shape index (κ3) is 1.82. The fourth-order valence-electron chi connectivity index (χ4n) is 0.837. The molecular weight excluding hydrogens is 156 g/mol. The van der Waals surface area contributed by atoms with Gasteiger partial charge in [0, 0.05) is 12.4 Å². The van der Waals surface area contributed by atoms with Crippen LogP contribution in [0, 0.1) is 0 Å². The van der Waals surface area contributed by atoms with Crippen LogP contribution in [0.5, 0.6) is 0 Å². The van der Waals surface area contributed by atoms with Crippen molar-refractivity contribution in [3.63, 3.8) is 0 Å². The van der Waals surface area contributed by atoms with E-state index in [0.717, 1.165) is 0 Å². The SMILES string of the molecule is CC(N)(Cn1ccnc1)C(N)=O. The number of aromatic nitrogens is 2. The monoisotopic (exact) mass is 168 g/mol. The summed E-state index contributed by atoms with van der Waals surface area (Å²) in [5.41, 5.74) is 9.70. The van der Waals surface area contributed by atoms with Crippen molar-refractivity contribution in [2.75, 3.05) is 0 Å². The highest BCUT2D eigenvalue weighted by Crippen LogP contribution is 2.01. The summed E-state index contributed by atoms with van der Waals surface area (Å²) in [7, 11) is 0. The maximum absolute atomic E-state index is 10.8. The maximum atomic E-state index is 10.8. The van der Waals surface area contributed by atoms with E-state index in [1.807, 2.05) is 0 Å². The van der Waals surface area contributed by atoms with Crippen molar-refractivity contribution in [3.05, 3.63) is 18.7 Å². The minimum Gasteiger partial charge on any atom is -0.368 e. The summed E-state index contributed by atoms with van der Waals surface area (Å²) in [4.78, 5) is 14.6. The summed E-state index contributed by atoms with van der Waals surface area (Å²) in [5, 5.41) is 0. The molecule has 1 heterocycles. The summed E-state index contributed by atoms with van der Waals surface area (Å²) in [6, 6.07) is 0. The van der Waals surface area contributed by atoms with Gasteiger partial charge in [-0.2, -0.15) is 0 Å². The van der Waals surface area contributed by atoms with Gasteiger partial charge < -0.3 is 16.0 Å². The second-order valence-corrected chi connectivity index (χ2v) is 3.02. The summed E-state index contributed by atoms with van der Waals surface area (Å²) >= 11 is 0. The van der Waals surface area contributed by atoms with Gasteiger partial charge >= 0.3 is 0 Å². The molecule has 0 bridgehead atoms. The van der Waals surface area contributed by atoms with E-state index in [1.165, 1.54) is 0 Å².